The van der Waals surface area contributed by atoms with Gasteiger partial charge in [0.15, 0.2) is 0 Å². The van der Waals surface area contributed by atoms with Gasteiger partial charge in [-0.15, -0.1) is 0 Å². The summed E-state index contributed by atoms with van der Waals surface area (Å²) < 4.78 is 5.06. The summed E-state index contributed by atoms with van der Waals surface area (Å²) in [7, 11) is 0. The number of rotatable bonds is 5. The summed E-state index contributed by atoms with van der Waals surface area (Å²) in [5.74, 6) is -1.61. The molecule has 1 amide bonds. The molecule has 1 aliphatic rings. The molecule has 1 aliphatic heterocycles. The number of carboxylic acids is 1. The van der Waals surface area contributed by atoms with Crippen LogP contribution in [0, 0.1) is 11.8 Å². The largest absolute Gasteiger partial charge is 0.481 e. The molecular weight excluding hydrogens is 224 g/mol. The summed E-state index contributed by atoms with van der Waals surface area (Å²) in [6.45, 7) is 4.33. The minimum atomic E-state index is -0.953. The molecule has 0 aromatic rings. The van der Waals surface area contributed by atoms with Gasteiger partial charge in [0.1, 0.15) is 5.92 Å². The monoisotopic (exact) mass is 244 g/mol. The average Bonchev–Trinajstić information content (AvgIpc) is 2.64. The van der Waals surface area contributed by atoms with Crippen LogP contribution in [0.25, 0.3) is 0 Å². The molecule has 1 fully saturated rings. The number of hydrogen-bond acceptors (Lipinski definition) is 4. The van der Waals surface area contributed by atoms with Crippen LogP contribution in [0.1, 0.15) is 20.3 Å². The van der Waals surface area contributed by atoms with Crippen molar-refractivity contribution in [2.24, 2.45) is 17.6 Å². The molecule has 0 spiro atoms. The third-order valence-corrected chi connectivity index (χ3v) is 2.79. The summed E-state index contributed by atoms with van der Waals surface area (Å²) in [6.07, 6.45) is 0.581. The van der Waals surface area contributed by atoms with Gasteiger partial charge in [-0.1, -0.05) is 13.8 Å². The topological polar surface area (TPSA) is 102 Å². The lowest BCUT2D eigenvalue weighted by Gasteiger charge is -2.19. The van der Waals surface area contributed by atoms with Gasteiger partial charge in [0.25, 0.3) is 0 Å². The van der Waals surface area contributed by atoms with Crippen LogP contribution in [0.2, 0.25) is 0 Å². The maximum atomic E-state index is 11.7. The Hall–Kier alpha value is -1.14. The Kier molecular flexibility index (Phi) is 4.89. The lowest BCUT2D eigenvalue weighted by Crippen LogP contribution is -2.49. The van der Waals surface area contributed by atoms with Gasteiger partial charge < -0.3 is 20.9 Å². The van der Waals surface area contributed by atoms with E-state index in [4.69, 9.17) is 15.6 Å². The molecule has 1 saturated heterocycles. The first-order valence-corrected chi connectivity index (χ1v) is 5.78. The number of nitrogens with two attached hydrogens (primary N) is 1. The van der Waals surface area contributed by atoms with Gasteiger partial charge in [-0.05, 0) is 12.3 Å². The van der Waals surface area contributed by atoms with Crippen LogP contribution >= 0.6 is 0 Å². The second-order valence-electron chi connectivity index (χ2n) is 4.83. The van der Waals surface area contributed by atoms with Crippen molar-refractivity contribution in [1.82, 2.24) is 5.32 Å². The maximum absolute atomic E-state index is 11.7. The summed E-state index contributed by atoms with van der Waals surface area (Å²) >= 11 is 0. The number of hydrogen-bond donors (Lipinski definition) is 3. The van der Waals surface area contributed by atoms with Gasteiger partial charge in [0.2, 0.25) is 5.91 Å². The molecule has 0 aliphatic carbocycles. The van der Waals surface area contributed by atoms with Gasteiger partial charge in [0.05, 0.1) is 25.3 Å². The zero-order valence-corrected chi connectivity index (χ0v) is 10.2. The fraction of sp³-hybridized carbons (Fsp3) is 0.818. The predicted octanol–water partition coefficient (Wildman–Crippen LogP) is -0.424. The molecule has 1 heterocycles. The molecule has 2 unspecified atom stereocenters. The van der Waals surface area contributed by atoms with E-state index in [-0.39, 0.29) is 19.1 Å². The Labute approximate surface area is 101 Å². The van der Waals surface area contributed by atoms with Gasteiger partial charge in [0, 0.05) is 0 Å². The van der Waals surface area contributed by atoms with Crippen LogP contribution in [-0.2, 0) is 14.3 Å². The van der Waals surface area contributed by atoms with E-state index in [2.05, 4.69) is 5.32 Å². The molecule has 0 saturated carbocycles. The molecule has 0 aromatic heterocycles. The summed E-state index contributed by atoms with van der Waals surface area (Å²) in [6, 6.07) is -1.07. The Balaban J connectivity index is 2.47. The number of aliphatic carboxylic acids is 1. The minimum Gasteiger partial charge on any atom is -0.481 e. The predicted molar refractivity (Wildman–Crippen MR) is 61.3 cm³/mol. The second kappa shape index (κ2) is 5.97. The van der Waals surface area contributed by atoms with Crippen molar-refractivity contribution in [3.05, 3.63) is 0 Å². The number of carbonyl (C=O) groups excluding carboxylic acids is 1. The Morgan fingerprint density at radius 3 is 2.65 bits per heavy atom. The van der Waals surface area contributed by atoms with Crippen LogP contribution < -0.4 is 11.1 Å². The normalized spacial score (nSPS) is 25.9. The zero-order valence-electron chi connectivity index (χ0n) is 10.2. The third kappa shape index (κ3) is 3.98. The maximum Gasteiger partial charge on any atom is 0.311 e. The number of ether oxygens (including phenoxy) is 1. The summed E-state index contributed by atoms with van der Waals surface area (Å²) in [5, 5.41) is 11.6. The van der Waals surface area contributed by atoms with E-state index in [1.807, 2.05) is 13.8 Å². The molecule has 6 heteroatoms. The van der Waals surface area contributed by atoms with Crippen molar-refractivity contribution in [1.29, 1.82) is 0 Å². The van der Waals surface area contributed by atoms with Crippen molar-refractivity contribution in [3.63, 3.8) is 0 Å². The molecule has 17 heavy (non-hydrogen) atoms. The van der Waals surface area contributed by atoms with E-state index >= 15 is 0 Å². The highest BCUT2D eigenvalue weighted by Crippen LogP contribution is 2.14. The molecule has 0 bridgehead atoms. The molecule has 6 nitrogen and oxygen atoms in total. The Morgan fingerprint density at radius 1 is 1.47 bits per heavy atom. The first-order valence-electron chi connectivity index (χ1n) is 5.78. The standard InChI is InChI=1S/C11H20N2O4/c1-6(2)3-8(12)10(14)13-9-5-17-4-7(9)11(15)16/h6-9H,3-5,12H2,1-2H3,(H,13,14)(H,15,16)/t7?,8-,9?/m0/s1. The SMILES string of the molecule is CC(C)C[C@H](N)C(=O)NC1COCC1C(=O)O. The minimum absolute atomic E-state index is 0.139. The van der Waals surface area contributed by atoms with Crippen molar-refractivity contribution in [3.8, 4) is 0 Å². The molecule has 1 rings (SSSR count). The second-order valence-corrected chi connectivity index (χ2v) is 4.83. The quantitative estimate of drug-likeness (QED) is 0.609. The summed E-state index contributed by atoms with van der Waals surface area (Å²) in [4.78, 5) is 22.6. The third-order valence-electron chi connectivity index (χ3n) is 2.79. The average molecular weight is 244 g/mol. The van der Waals surface area contributed by atoms with E-state index in [0.29, 0.717) is 12.3 Å². The number of amides is 1. The molecule has 3 atom stereocenters. The smallest absolute Gasteiger partial charge is 0.311 e. The van der Waals surface area contributed by atoms with Gasteiger partial charge >= 0.3 is 5.97 Å². The highest BCUT2D eigenvalue weighted by Gasteiger charge is 2.35. The number of carboxylic acid groups (broad SMARTS) is 1. The van der Waals surface area contributed by atoms with Gasteiger partial charge in [-0.2, -0.15) is 0 Å². The number of carbonyl (C=O) groups is 2. The van der Waals surface area contributed by atoms with Crippen LogP contribution in [-0.4, -0.2) is 42.3 Å². The zero-order chi connectivity index (χ0) is 13.0. The molecule has 4 N–H and O–H groups in total. The molecular formula is C11H20N2O4. The Bertz CT molecular complexity index is 293. The highest BCUT2D eigenvalue weighted by molar-refractivity contribution is 5.82. The first kappa shape index (κ1) is 13.9. The van der Waals surface area contributed by atoms with Crippen LogP contribution in [0.3, 0.4) is 0 Å². The van der Waals surface area contributed by atoms with E-state index in [0.717, 1.165) is 0 Å². The Morgan fingerprint density at radius 2 is 2.12 bits per heavy atom. The number of nitrogens with one attached hydrogen (secondary N) is 1. The summed E-state index contributed by atoms with van der Waals surface area (Å²) in [5.41, 5.74) is 5.72. The fourth-order valence-corrected chi connectivity index (χ4v) is 1.84. The van der Waals surface area contributed by atoms with Crippen molar-refractivity contribution in [2.45, 2.75) is 32.4 Å². The molecule has 98 valence electrons. The van der Waals surface area contributed by atoms with Crippen LogP contribution in [0.5, 0.6) is 0 Å². The molecule has 0 aromatic carbocycles. The van der Waals surface area contributed by atoms with E-state index in [1.54, 1.807) is 0 Å². The van der Waals surface area contributed by atoms with Crippen molar-refractivity contribution in [2.75, 3.05) is 13.2 Å². The van der Waals surface area contributed by atoms with E-state index < -0.39 is 24.0 Å². The van der Waals surface area contributed by atoms with Crippen LogP contribution in [0.15, 0.2) is 0 Å². The highest BCUT2D eigenvalue weighted by atomic mass is 16.5. The van der Waals surface area contributed by atoms with Crippen molar-refractivity contribution >= 4 is 11.9 Å². The first-order chi connectivity index (χ1) is 7.91. The molecule has 0 radical (unpaired) electrons. The fourth-order valence-electron chi connectivity index (χ4n) is 1.84. The van der Waals surface area contributed by atoms with Gasteiger partial charge in [-0.3, -0.25) is 9.59 Å². The van der Waals surface area contributed by atoms with Gasteiger partial charge in [-0.25, -0.2) is 0 Å². The lowest BCUT2D eigenvalue weighted by molar-refractivity contribution is -0.142. The lowest BCUT2D eigenvalue weighted by atomic mass is 10.0. The van der Waals surface area contributed by atoms with E-state index in [9.17, 15) is 9.59 Å². The van der Waals surface area contributed by atoms with E-state index in [1.165, 1.54) is 0 Å². The van der Waals surface area contributed by atoms with Crippen molar-refractivity contribution < 1.29 is 19.4 Å². The van der Waals surface area contributed by atoms with Crippen LogP contribution in [0.4, 0.5) is 0 Å².